The average molecular weight is 347 g/mol. The highest BCUT2D eigenvalue weighted by Gasteiger charge is 2.18. The van der Waals surface area contributed by atoms with E-state index < -0.39 is 4.92 Å². The Hall–Kier alpha value is -2.94. The molecule has 1 aromatic heterocycles. The van der Waals surface area contributed by atoms with Gasteiger partial charge in [0.15, 0.2) is 0 Å². The molecule has 134 valence electrons. The third-order valence-corrected chi connectivity index (χ3v) is 3.48. The third kappa shape index (κ3) is 5.28. The molecule has 0 saturated carbocycles. The van der Waals surface area contributed by atoms with Gasteiger partial charge in [0, 0.05) is 43.7 Å². The van der Waals surface area contributed by atoms with Gasteiger partial charge in [-0.1, -0.05) is 0 Å². The quantitative estimate of drug-likeness (QED) is 0.405. The second kappa shape index (κ2) is 8.78. The molecule has 2 N–H and O–H groups in total. The van der Waals surface area contributed by atoms with Gasteiger partial charge in [0.25, 0.3) is 11.6 Å². The number of benzene rings is 1. The van der Waals surface area contributed by atoms with Crippen LogP contribution in [0.25, 0.3) is 0 Å². The van der Waals surface area contributed by atoms with E-state index in [-0.39, 0.29) is 23.2 Å². The van der Waals surface area contributed by atoms with Crippen LogP contribution in [0.3, 0.4) is 0 Å². The molecule has 1 atom stereocenters. The summed E-state index contributed by atoms with van der Waals surface area (Å²) in [7, 11) is 1.55. The minimum absolute atomic E-state index is 0.150. The number of hydrogen-bond acceptors (Lipinski definition) is 6. The summed E-state index contributed by atoms with van der Waals surface area (Å²) in [5.74, 6) is -0.369. The molecule has 0 fully saturated rings. The molecule has 0 saturated heterocycles. The Morgan fingerprint density at radius 2 is 2.28 bits per heavy atom. The standard InChI is InChI=1S/C16H21N5O4/c1-12(11-20-8-3-6-18-20)19-16(22)13-4-5-14(17-7-9-25-2)15(10-13)21(23)24/h3-6,8,10,12,17H,7,9,11H2,1-2H3,(H,19,22)/t12-/m1/s1. The molecule has 9 heteroatoms. The average Bonchev–Trinajstić information content (AvgIpc) is 3.07. The normalized spacial score (nSPS) is 11.8. The van der Waals surface area contributed by atoms with Gasteiger partial charge in [0.1, 0.15) is 5.69 Å². The Morgan fingerprint density at radius 3 is 2.92 bits per heavy atom. The molecule has 1 amide bonds. The lowest BCUT2D eigenvalue weighted by Gasteiger charge is -2.14. The van der Waals surface area contributed by atoms with E-state index in [1.54, 1.807) is 36.3 Å². The van der Waals surface area contributed by atoms with Crippen LogP contribution < -0.4 is 10.6 Å². The van der Waals surface area contributed by atoms with Gasteiger partial charge in [-0.25, -0.2) is 0 Å². The lowest BCUT2D eigenvalue weighted by atomic mass is 10.1. The van der Waals surface area contributed by atoms with Crippen LogP contribution in [-0.4, -0.2) is 46.9 Å². The Labute approximate surface area is 145 Å². The van der Waals surface area contributed by atoms with E-state index in [0.717, 1.165) is 0 Å². The molecule has 0 aliphatic carbocycles. The fourth-order valence-corrected chi connectivity index (χ4v) is 2.30. The summed E-state index contributed by atoms with van der Waals surface area (Å²) >= 11 is 0. The SMILES string of the molecule is COCCNc1ccc(C(=O)N[C@H](C)Cn2cccn2)cc1[N+](=O)[O-]. The first-order valence-electron chi connectivity index (χ1n) is 7.80. The highest BCUT2D eigenvalue weighted by atomic mass is 16.6. The largest absolute Gasteiger partial charge is 0.383 e. The molecule has 0 aliphatic rings. The number of ether oxygens (including phenoxy) is 1. The van der Waals surface area contributed by atoms with E-state index in [1.807, 2.05) is 6.92 Å². The maximum Gasteiger partial charge on any atom is 0.293 e. The molecule has 0 spiro atoms. The molecule has 1 heterocycles. The maximum absolute atomic E-state index is 12.3. The van der Waals surface area contributed by atoms with Crippen LogP contribution >= 0.6 is 0 Å². The molecule has 0 bridgehead atoms. The predicted molar refractivity (Wildman–Crippen MR) is 92.6 cm³/mol. The van der Waals surface area contributed by atoms with Crippen LogP contribution in [-0.2, 0) is 11.3 Å². The zero-order chi connectivity index (χ0) is 18.2. The number of anilines is 1. The van der Waals surface area contributed by atoms with Crippen LogP contribution in [0.5, 0.6) is 0 Å². The van der Waals surface area contributed by atoms with Crippen molar-refractivity contribution in [2.45, 2.75) is 19.5 Å². The van der Waals surface area contributed by atoms with Gasteiger partial charge in [-0.2, -0.15) is 5.10 Å². The summed E-state index contributed by atoms with van der Waals surface area (Å²) in [6.07, 6.45) is 3.46. The third-order valence-electron chi connectivity index (χ3n) is 3.48. The number of nitrogens with zero attached hydrogens (tertiary/aromatic N) is 3. The van der Waals surface area contributed by atoms with Crippen LogP contribution in [0.4, 0.5) is 11.4 Å². The topological polar surface area (TPSA) is 111 Å². The number of nitro benzene ring substituents is 1. The van der Waals surface area contributed by atoms with Gasteiger partial charge in [-0.05, 0) is 25.1 Å². The van der Waals surface area contributed by atoms with Crippen LogP contribution in [0, 0.1) is 10.1 Å². The minimum atomic E-state index is -0.515. The molecule has 9 nitrogen and oxygen atoms in total. The molecule has 2 rings (SSSR count). The first-order valence-corrected chi connectivity index (χ1v) is 7.80. The van der Waals surface area contributed by atoms with E-state index in [4.69, 9.17) is 4.74 Å². The highest BCUT2D eigenvalue weighted by Crippen LogP contribution is 2.25. The Kier molecular flexibility index (Phi) is 6.47. The van der Waals surface area contributed by atoms with Gasteiger partial charge < -0.3 is 15.4 Å². The molecular weight excluding hydrogens is 326 g/mol. The van der Waals surface area contributed by atoms with Gasteiger partial charge >= 0.3 is 0 Å². The number of aromatic nitrogens is 2. The zero-order valence-corrected chi connectivity index (χ0v) is 14.1. The van der Waals surface area contributed by atoms with E-state index in [0.29, 0.717) is 25.4 Å². The number of nitro groups is 1. The van der Waals surface area contributed by atoms with Crippen molar-refractivity contribution in [1.29, 1.82) is 0 Å². The van der Waals surface area contributed by atoms with Crippen molar-refractivity contribution in [2.75, 3.05) is 25.6 Å². The molecule has 0 unspecified atom stereocenters. The van der Waals surface area contributed by atoms with Crippen molar-refractivity contribution >= 4 is 17.3 Å². The number of hydrogen-bond donors (Lipinski definition) is 2. The van der Waals surface area contributed by atoms with Crippen molar-refractivity contribution < 1.29 is 14.5 Å². The number of rotatable bonds is 9. The van der Waals surface area contributed by atoms with Crippen molar-refractivity contribution in [3.05, 3.63) is 52.3 Å². The van der Waals surface area contributed by atoms with Gasteiger partial charge in [0.2, 0.25) is 0 Å². The smallest absolute Gasteiger partial charge is 0.293 e. The number of amides is 1. The fraction of sp³-hybridized carbons (Fsp3) is 0.375. The van der Waals surface area contributed by atoms with Crippen molar-refractivity contribution in [1.82, 2.24) is 15.1 Å². The first kappa shape index (κ1) is 18.4. The van der Waals surface area contributed by atoms with Crippen LogP contribution in [0.2, 0.25) is 0 Å². The van der Waals surface area contributed by atoms with Crippen molar-refractivity contribution in [3.63, 3.8) is 0 Å². The Bertz CT molecular complexity index is 717. The van der Waals surface area contributed by atoms with Crippen LogP contribution in [0.1, 0.15) is 17.3 Å². The molecule has 0 radical (unpaired) electrons. The predicted octanol–water partition coefficient (Wildman–Crippen LogP) is 1.67. The molecule has 25 heavy (non-hydrogen) atoms. The number of methoxy groups -OCH3 is 1. The summed E-state index contributed by atoms with van der Waals surface area (Å²) < 4.78 is 6.61. The number of carbonyl (C=O) groups is 1. The maximum atomic E-state index is 12.3. The van der Waals surface area contributed by atoms with Gasteiger partial charge in [-0.3, -0.25) is 19.6 Å². The Morgan fingerprint density at radius 1 is 1.48 bits per heavy atom. The first-order chi connectivity index (χ1) is 12.0. The molecular formula is C16H21N5O4. The minimum Gasteiger partial charge on any atom is -0.383 e. The van der Waals surface area contributed by atoms with Crippen molar-refractivity contribution in [2.24, 2.45) is 0 Å². The van der Waals surface area contributed by atoms with E-state index in [1.165, 1.54) is 12.1 Å². The van der Waals surface area contributed by atoms with Crippen LogP contribution in [0.15, 0.2) is 36.7 Å². The zero-order valence-electron chi connectivity index (χ0n) is 14.1. The lowest BCUT2D eigenvalue weighted by Crippen LogP contribution is -2.35. The summed E-state index contributed by atoms with van der Waals surface area (Å²) in [4.78, 5) is 23.1. The summed E-state index contributed by atoms with van der Waals surface area (Å²) in [5.41, 5.74) is 0.433. The van der Waals surface area contributed by atoms with E-state index in [9.17, 15) is 14.9 Å². The fourth-order valence-electron chi connectivity index (χ4n) is 2.30. The lowest BCUT2D eigenvalue weighted by molar-refractivity contribution is -0.384. The monoisotopic (exact) mass is 347 g/mol. The molecule has 0 aliphatic heterocycles. The highest BCUT2D eigenvalue weighted by molar-refractivity contribution is 5.95. The molecule has 2 aromatic rings. The Balaban J connectivity index is 2.05. The van der Waals surface area contributed by atoms with E-state index >= 15 is 0 Å². The van der Waals surface area contributed by atoms with Crippen molar-refractivity contribution in [3.8, 4) is 0 Å². The van der Waals surface area contributed by atoms with Gasteiger partial charge in [-0.15, -0.1) is 0 Å². The molecule has 1 aromatic carbocycles. The second-order valence-electron chi connectivity index (χ2n) is 5.51. The summed E-state index contributed by atoms with van der Waals surface area (Å²) in [5, 5.41) is 21.1. The second-order valence-corrected chi connectivity index (χ2v) is 5.51. The van der Waals surface area contributed by atoms with Gasteiger partial charge in [0.05, 0.1) is 18.1 Å². The number of nitrogens with one attached hydrogen (secondary N) is 2. The van der Waals surface area contributed by atoms with E-state index in [2.05, 4.69) is 15.7 Å². The number of carbonyl (C=O) groups excluding carboxylic acids is 1. The summed E-state index contributed by atoms with van der Waals surface area (Å²) in [6.45, 7) is 3.21. The summed E-state index contributed by atoms with van der Waals surface area (Å²) in [6, 6.07) is 5.98.